The molecule has 0 radical (unpaired) electrons. The van der Waals surface area contributed by atoms with Gasteiger partial charge in [-0.2, -0.15) is 0 Å². The maximum Gasteiger partial charge on any atom is 0.263 e. The Hall–Kier alpha value is -1.55. The number of hydrogen-bond donors (Lipinski definition) is 0. The van der Waals surface area contributed by atoms with Crippen molar-refractivity contribution < 1.29 is 9.53 Å². The number of benzene rings is 1. The molecule has 1 aromatic carbocycles. The van der Waals surface area contributed by atoms with Crippen LogP contribution in [0.15, 0.2) is 18.2 Å². The van der Waals surface area contributed by atoms with Crippen molar-refractivity contribution in [3.63, 3.8) is 0 Å². The summed E-state index contributed by atoms with van der Waals surface area (Å²) in [5.41, 5.74) is 2.43. The highest BCUT2D eigenvalue weighted by atomic mass is 16.5. The summed E-state index contributed by atoms with van der Waals surface area (Å²) >= 11 is 0. The number of hydrogen-bond acceptors (Lipinski definition) is 3. The normalized spacial score (nSPS) is 17.6. The van der Waals surface area contributed by atoms with E-state index < -0.39 is 0 Å². The summed E-state index contributed by atoms with van der Waals surface area (Å²) in [6, 6.07) is 6.00. The topological polar surface area (TPSA) is 32.8 Å². The molecule has 0 N–H and O–H groups in total. The summed E-state index contributed by atoms with van der Waals surface area (Å²) in [6.07, 6.45) is 0.313. The number of piperazine rings is 1. The van der Waals surface area contributed by atoms with Crippen LogP contribution < -0.4 is 4.74 Å². The van der Waals surface area contributed by atoms with Crippen molar-refractivity contribution >= 4 is 5.91 Å². The molecule has 1 amide bonds. The third-order valence-electron chi connectivity index (χ3n) is 4.22. The summed E-state index contributed by atoms with van der Waals surface area (Å²) in [5.74, 6) is 0.899. The van der Waals surface area contributed by atoms with Crippen molar-refractivity contribution in [3.05, 3.63) is 29.3 Å². The number of nitrogens with zero attached hydrogens (tertiary/aromatic N) is 2. The Morgan fingerprint density at radius 1 is 1.19 bits per heavy atom. The fourth-order valence-corrected chi connectivity index (χ4v) is 2.49. The minimum atomic E-state index is -0.379. The van der Waals surface area contributed by atoms with Crippen molar-refractivity contribution in [2.75, 3.05) is 33.2 Å². The van der Waals surface area contributed by atoms with E-state index in [0.29, 0.717) is 6.42 Å². The number of aryl methyl sites for hydroxylation is 2. The van der Waals surface area contributed by atoms with Crippen LogP contribution in [0.1, 0.15) is 24.5 Å². The largest absolute Gasteiger partial charge is 0.481 e. The zero-order valence-corrected chi connectivity index (χ0v) is 13.6. The van der Waals surface area contributed by atoms with Gasteiger partial charge in [0.05, 0.1) is 0 Å². The van der Waals surface area contributed by atoms with Crippen LogP contribution in [0.4, 0.5) is 0 Å². The van der Waals surface area contributed by atoms with E-state index in [1.807, 2.05) is 30.0 Å². The van der Waals surface area contributed by atoms with Crippen LogP contribution in [-0.4, -0.2) is 55.0 Å². The molecule has 2 rings (SSSR count). The molecule has 0 aliphatic carbocycles. The van der Waals surface area contributed by atoms with Gasteiger partial charge in [-0.15, -0.1) is 0 Å². The van der Waals surface area contributed by atoms with Crippen LogP contribution in [0.5, 0.6) is 5.75 Å². The summed E-state index contributed by atoms with van der Waals surface area (Å²) in [5, 5.41) is 0. The second kappa shape index (κ2) is 6.94. The highest BCUT2D eigenvalue weighted by Gasteiger charge is 2.26. The minimum Gasteiger partial charge on any atom is -0.481 e. The number of carbonyl (C=O) groups excluding carboxylic acids is 1. The molecule has 1 heterocycles. The number of ether oxygens (including phenoxy) is 1. The van der Waals surface area contributed by atoms with E-state index in [0.717, 1.165) is 31.9 Å². The number of carbonyl (C=O) groups is 1. The van der Waals surface area contributed by atoms with Crippen LogP contribution in [0, 0.1) is 13.8 Å². The Balaban J connectivity index is 2.01. The van der Waals surface area contributed by atoms with Gasteiger partial charge >= 0.3 is 0 Å². The Morgan fingerprint density at radius 2 is 1.86 bits per heavy atom. The van der Waals surface area contributed by atoms with Crippen molar-refractivity contribution in [1.82, 2.24) is 9.80 Å². The lowest BCUT2D eigenvalue weighted by molar-refractivity contribution is -0.140. The fourth-order valence-electron chi connectivity index (χ4n) is 2.49. The van der Waals surface area contributed by atoms with E-state index in [1.165, 1.54) is 11.1 Å². The molecule has 0 unspecified atom stereocenters. The van der Waals surface area contributed by atoms with Gasteiger partial charge in [-0.1, -0.05) is 13.0 Å². The van der Waals surface area contributed by atoms with Crippen molar-refractivity contribution in [2.24, 2.45) is 0 Å². The molecule has 0 spiro atoms. The molecule has 4 nitrogen and oxygen atoms in total. The molecular weight excluding hydrogens is 264 g/mol. The van der Waals surface area contributed by atoms with E-state index in [4.69, 9.17) is 4.74 Å². The van der Waals surface area contributed by atoms with Gasteiger partial charge in [-0.25, -0.2) is 0 Å². The molecule has 1 atom stereocenters. The van der Waals surface area contributed by atoms with E-state index in [-0.39, 0.29) is 12.0 Å². The maximum absolute atomic E-state index is 12.6. The summed E-state index contributed by atoms with van der Waals surface area (Å²) in [4.78, 5) is 16.7. The molecule has 21 heavy (non-hydrogen) atoms. The highest BCUT2D eigenvalue weighted by Crippen LogP contribution is 2.19. The van der Waals surface area contributed by atoms with Crippen molar-refractivity contribution in [1.29, 1.82) is 0 Å². The van der Waals surface area contributed by atoms with Gasteiger partial charge < -0.3 is 14.5 Å². The zero-order chi connectivity index (χ0) is 15.4. The van der Waals surface area contributed by atoms with E-state index in [9.17, 15) is 4.79 Å². The zero-order valence-electron chi connectivity index (χ0n) is 13.6. The van der Waals surface area contributed by atoms with Gasteiger partial charge in [0.1, 0.15) is 5.75 Å². The molecule has 1 fully saturated rings. The lowest BCUT2D eigenvalue weighted by Crippen LogP contribution is -2.51. The van der Waals surface area contributed by atoms with Gasteiger partial charge in [-0.3, -0.25) is 4.79 Å². The molecular formula is C17H26N2O2. The average Bonchev–Trinajstić information content (AvgIpc) is 2.48. The quantitative estimate of drug-likeness (QED) is 0.852. The first-order valence-electron chi connectivity index (χ1n) is 7.72. The smallest absolute Gasteiger partial charge is 0.263 e. The average molecular weight is 290 g/mol. The third-order valence-corrected chi connectivity index (χ3v) is 4.22. The van der Waals surface area contributed by atoms with Gasteiger partial charge in [0.2, 0.25) is 0 Å². The first kappa shape index (κ1) is 15.8. The Morgan fingerprint density at radius 3 is 2.43 bits per heavy atom. The van der Waals surface area contributed by atoms with Crippen LogP contribution in [0.3, 0.4) is 0 Å². The minimum absolute atomic E-state index is 0.115. The molecule has 0 aromatic heterocycles. The molecule has 0 saturated carbocycles. The predicted octanol–water partition coefficient (Wildman–Crippen LogP) is 2.23. The van der Waals surface area contributed by atoms with Gasteiger partial charge in [0, 0.05) is 26.2 Å². The molecule has 1 aliphatic heterocycles. The molecule has 1 saturated heterocycles. The molecule has 1 aromatic rings. The standard InChI is InChI=1S/C17H26N2O2/c1-5-16(17(20)19-10-8-18(4)9-11-19)21-15-7-6-13(2)14(3)12-15/h6-7,12,16H,5,8-11H2,1-4H3/t16-/m1/s1. The second-order valence-corrected chi connectivity index (χ2v) is 5.89. The van der Waals surface area contributed by atoms with Crippen LogP contribution in [0.2, 0.25) is 0 Å². The first-order valence-corrected chi connectivity index (χ1v) is 7.72. The van der Waals surface area contributed by atoms with E-state index in [1.54, 1.807) is 0 Å². The SMILES string of the molecule is CC[C@@H](Oc1ccc(C)c(C)c1)C(=O)N1CCN(C)CC1. The Kier molecular flexibility index (Phi) is 5.23. The van der Waals surface area contributed by atoms with Gasteiger partial charge in [0.15, 0.2) is 6.10 Å². The Bertz CT molecular complexity index is 494. The molecule has 0 bridgehead atoms. The van der Waals surface area contributed by atoms with E-state index >= 15 is 0 Å². The first-order chi connectivity index (χ1) is 10.0. The molecule has 116 valence electrons. The number of rotatable bonds is 4. The third kappa shape index (κ3) is 3.97. The Labute approximate surface area is 127 Å². The lowest BCUT2D eigenvalue weighted by atomic mass is 10.1. The molecule has 4 heteroatoms. The van der Waals surface area contributed by atoms with Crippen molar-refractivity contribution in [3.8, 4) is 5.75 Å². The fraction of sp³-hybridized carbons (Fsp3) is 0.588. The molecule has 1 aliphatic rings. The summed E-state index contributed by atoms with van der Waals surface area (Å²) in [7, 11) is 2.09. The van der Waals surface area contributed by atoms with Gasteiger partial charge in [0.25, 0.3) is 5.91 Å². The summed E-state index contributed by atoms with van der Waals surface area (Å²) < 4.78 is 5.94. The second-order valence-electron chi connectivity index (χ2n) is 5.89. The number of likely N-dealkylation sites (N-methyl/N-ethyl adjacent to an activating group) is 1. The summed E-state index contributed by atoms with van der Waals surface area (Å²) in [6.45, 7) is 9.60. The van der Waals surface area contributed by atoms with Crippen LogP contribution >= 0.6 is 0 Å². The van der Waals surface area contributed by atoms with Gasteiger partial charge in [-0.05, 0) is 50.6 Å². The van der Waals surface area contributed by atoms with Crippen molar-refractivity contribution in [2.45, 2.75) is 33.3 Å². The highest BCUT2D eigenvalue weighted by molar-refractivity contribution is 5.81. The lowest BCUT2D eigenvalue weighted by Gasteiger charge is -2.34. The monoisotopic (exact) mass is 290 g/mol. The maximum atomic E-state index is 12.6. The van der Waals surface area contributed by atoms with E-state index in [2.05, 4.69) is 25.8 Å². The number of amides is 1. The predicted molar refractivity (Wildman–Crippen MR) is 84.7 cm³/mol. The van der Waals surface area contributed by atoms with Crippen LogP contribution in [-0.2, 0) is 4.79 Å². The van der Waals surface area contributed by atoms with Crippen LogP contribution in [0.25, 0.3) is 0 Å².